The molecule has 0 aliphatic carbocycles. The molecule has 0 aromatic rings. The van der Waals surface area contributed by atoms with Gasteiger partial charge in [0, 0.05) is 36.2 Å². The highest BCUT2D eigenvalue weighted by atomic mass is 32.2. The molecule has 2 rings (SSSR count). The van der Waals surface area contributed by atoms with Crippen LogP contribution in [0.5, 0.6) is 0 Å². The number of nitrogens with zero attached hydrogens (tertiary/aromatic N) is 2. The standard InChI is InChI=1S/C14H29N3S/c1-3-16-7-4-5-14(12-15,6-8-16)17-9-10-18-11-13(17)2/h13H,3-12,15H2,1-2H3. The molecular weight excluding hydrogens is 242 g/mol. The molecule has 0 bridgehead atoms. The quantitative estimate of drug-likeness (QED) is 0.845. The molecule has 0 saturated carbocycles. The van der Waals surface area contributed by atoms with Crippen molar-refractivity contribution in [3.05, 3.63) is 0 Å². The number of likely N-dealkylation sites (tertiary alicyclic amines) is 1. The highest BCUT2D eigenvalue weighted by Gasteiger charge is 2.40. The molecule has 2 aliphatic rings. The van der Waals surface area contributed by atoms with Crippen molar-refractivity contribution in [3.63, 3.8) is 0 Å². The van der Waals surface area contributed by atoms with E-state index in [0.29, 0.717) is 6.04 Å². The number of hydrogen-bond acceptors (Lipinski definition) is 4. The van der Waals surface area contributed by atoms with E-state index in [4.69, 9.17) is 5.73 Å². The van der Waals surface area contributed by atoms with Crippen molar-refractivity contribution in [2.24, 2.45) is 5.73 Å². The summed E-state index contributed by atoms with van der Waals surface area (Å²) in [5.41, 5.74) is 6.50. The van der Waals surface area contributed by atoms with Crippen LogP contribution < -0.4 is 5.73 Å². The SMILES string of the molecule is CCN1CCCC(CN)(N2CCSCC2C)CC1. The van der Waals surface area contributed by atoms with Crippen molar-refractivity contribution in [2.45, 2.75) is 44.7 Å². The van der Waals surface area contributed by atoms with Crippen molar-refractivity contribution in [1.82, 2.24) is 9.80 Å². The van der Waals surface area contributed by atoms with Gasteiger partial charge in [-0.3, -0.25) is 4.90 Å². The Balaban J connectivity index is 2.08. The van der Waals surface area contributed by atoms with Crippen LogP contribution in [0, 0.1) is 0 Å². The first-order valence-corrected chi connectivity index (χ1v) is 8.64. The summed E-state index contributed by atoms with van der Waals surface area (Å²) in [6.07, 6.45) is 3.85. The van der Waals surface area contributed by atoms with E-state index < -0.39 is 0 Å². The topological polar surface area (TPSA) is 32.5 Å². The van der Waals surface area contributed by atoms with Gasteiger partial charge in [-0.2, -0.15) is 11.8 Å². The lowest BCUT2D eigenvalue weighted by Crippen LogP contribution is -2.60. The molecule has 2 unspecified atom stereocenters. The van der Waals surface area contributed by atoms with Crippen LogP contribution in [-0.4, -0.2) is 65.6 Å². The summed E-state index contributed by atoms with van der Waals surface area (Å²) in [7, 11) is 0. The molecule has 0 spiro atoms. The fourth-order valence-electron chi connectivity index (χ4n) is 3.59. The maximum atomic E-state index is 6.22. The highest BCUT2D eigenvalue weighted by molar-refractivity contribution is 7.99. The van der Waals surface area contributed by atoms with Crippen LogP contribution in [0.1, 0.15) is 33.1 Å². The van der Waals surface area contributed by atoms with Gasteiger partial charge < -0.3 is 10.6 Å². The van der Waals surface area contributed by atoms with E-state index in [9.17, 15) is 0 Å². The molecule has 2 aliphatic heterocycles. The summed E-state index contributed by atoms with van der Waals surface area (Å²) in [6, 6.07) is 0.695. The Morgan fingerprint density at radius 1 is 1.28 bits per heavy atom. The summed E-state index contributed by atoms with van der Waals surface area (Å²) in [6.45, 7) is 10.4. The zero-order valence-electron chi connectivity index (χ0n) is 12.0. The molecule has 3 nitrogen and oxygen atoms in total. The molecule has 2 fully saturated rings. The molecule has 106 valence electrons. The second-order valence-corrected chi connectivity index (χ2v) is 6.98. The van der Waals surface area contributed by atoms with Crippen LogP contribution in [0.3, 0.4) is 0 Å². The average molecular weight is 271 g/mol. The van der Waals surface area contributed by atoms with Gasteiger partial charge in [0.1, 0.15) is 0 Å². The Morgan fingerprint density at radius 3 is 2.78 bits per heavy atom. The number of nitrogens with two attached hydrogens (primary N) is 1. The molecule has 0 amide bonds. The predicted molar refractivity (Wildman–Crippen MR) is 81.2 cm³/mol. The maximum absolute atomic E-state index is 6.22. The van der Waals surface area contributed by atoms with E-state index in [1.165, 1.54) is 56.9 Å². The van der Waals surface area contributed by atoms with E-state index >= 15 is 0 Å². The monoisotopic (exact) mass is 271 g/mol. The Bertz CT molecular complexity index is 261. The zero-order chi connectivity index (χ0) is 13.0. The normalized spacial score (nSPS) is 36.5. The third-order valence-corrected chi connectivity index (χ3v) is 6.00. The lowest BCUT2D eigenvalue weighted by Gasteiger charge is -2.48. The average Bonchev–Trinajstić information content (AvgIpc) is 2.62. The number of rotatable bonds is 3. The van der Waals surface area contributed by atoms with Gasteiger partial charge in [-0.25, -0.2) is 0 Å². The van der Waals surface area contributed by atoms with Crippen molar-refractivity contribution in [1.29, 1.82) is 0 Å². The molecule has 4 heteroatoms. The molecule has 0 aromatic carbocycles. The third-order valence-electron chi connectivity index (χ3n) is 4.81. The minimum absolute atomic E-state index is 0.282. The Hall–Kier alpha value is 0.230. The summed E-state index contributed by atoms with van der Waals surface area (Å²) in [4.78, 5) is 5.32. The summed E-state index contributed by atoms with van der Waals surface area (Å²) in [5, 5.41) is 0. The summed E-state index contributed by atoms with van der Waals surface area (Å²) in [5.74, 6) is 2.56. The predicted octanol–water partition coefficient (Wildman–Crippen LogP) is 1.63. The Kier molecular flexibility index (Phi) is 5.36. The van der Waals surface area contributed by atoms with Crippen LogP contribution in [0.2, 0.25) is 0 Å². The lowest BCUT2D eigenvalue weighted by atomic mass is 9.87. The third kappa shape index (κ3) is 3.03. The molecule has 18 heavy (non-hydrogen) atoms. The fraction of sp³-hybridized carbons (Fsp3) is 1.00. The van der Waals surface area contributed by atoms with Crippen LogP contribution in [0.4, 0.5) is 0 Å². The largest absolute Gasteiger partial charge is 0.329 e. The van der Waals surface area contributed by atoms with E-state index in [2.05, 4.69) is 35.4 Å². The minimum atomic E-state index is 0.282. The van der Waals surface area contributed by atoms with Crippen molar-refractivity contribution >= 4 is 11.8 Å². The Labute approximate surface area is 116 Å². The van der Waals surface area contributed by atoms with Crippen LogP contribution in [-0.2, 0) is 0 Å². The van der Waals surface area contributed by atoms with Crippen molar-refractivity contribution in [3.8, 4) is 0 Å². The van der Waals surface area contributed by atoms with E-state index in [-0.39, 0.29) is 5.54 Å². The molecule has 2 saturated heterocycles. The van der Waals surface area contributed by atoms with E-state index in [1.54, 1.807) is 0 Å². The van der Waals surface area contributed by atoms with Gasteiger partial charge in [0.15, 0.2) is 0 Å². The van der Waals surface area contributed by atoms with Crippen molar-refractivity contribution < 1.29 is 0 Å². The number of hydrogen-bond donors (Lipinski definition) is 1. The van der Waals surface area contributed by atoms with E-state index in [1.807, 2.05) is 0 Å². The first kappa shape index (κ1) is 14.6. The Morgan fingerprint density at radius 2 is 2.11 bits per heavy atom. The van der Waals surface area contributed by atoms with Gasteiger partial charge in [-0.15, -0.1) is 0 Å². The lowest BCUT2D eigenvalue weighted by molar-refractivity contribution is 0.0534. The molecule has 2 heterocycles. The van der Waals surface area contributed by atoms with Gasteiger partial charge in [-0.1, -0.05) is 6.92 Å². The van der Waals surface area contributed by atoms with Crippen LogP contribution >= 0.6 is 11.8 Å². The van der Waals surface area contributed by atoms with Gasteiger partial charge in [-0.05, 0) is 45.8 Å². The smallest absolute Gasteiger partial charge is 0.0347 e. The molecule has 0 radical (unpaired) electrons. The maximum Gasteiger partial charge on any atom is 0.0347 e. The van der Waals surface area contributed by atoms with Crippen LogP contribution in [0.15, 0.2) is 0 Å². The first-order valence-electron chi connectivity index (χ1n) is 7.49. The van der Waals surface area contributed by atoms with Gasteiger partial charge in [0.25, 0.3) is 0 Å². The van der Waals surface area contributed by atoms with Crippen LogP contribution in [0.25, 0.3) is 0 Å². The minimum Gasteiger partial charge on any atom is -0.329 e. The second-order valence-electron chi connectivity index (χ2n) is 5.83. The van der Waals surface area contributed by atoms with Crippen molar-refractivity contribution in [2.75, 3.05) is 44.2 Å². The molecular formula is C14H29N3S. The van der Waals surface area contributed by atoms with Gasteiger partial charge in [0.2, 0.25) is 0 Å². The number of thioether (sulfide) groups is 1. The second kappa shape index (κ2) is 6.60. The highest BCUT2D eigenvalue weighted by Crippen LogP contribution is 2.33. The summed E-state index contributed by atoms with van der Waals surface area (Å²) < 4.78 is 0. The molecule has 0 aromatic heterocycles. The molecule has 2 N–H and O–H groups in total. The van der Waals surface area contributed by atoms with Gasteiger partial charge in [0.05, 0.1) is 0 Å². The first-order chi connectivity index (χ1) is 8.72. The van der Waals surface area contributed by atoms with Gasteiger partial charge >= 0.3 is 0 Å². The fourth-order valence-corrected chi connectivity index (χ4v) is 4.60. The molecule has 2 atom stereocenters. The van der Waals surface area contributed by atoms with E-state index in [0.717, 1.165) is 6.54 Å². The summed E-state index contributed by atoms with van der Waals surface area (Å²) >= 11 is 2.10. The zero-order valence-corrected chi connectivity index (χ0v) is 12.8.